The highest BCUT2D eigenvalue weighted by Crippen LogP contribution is 2.39. The molecule has 3 aromatic heterocycles. The first-order valence-corrected chi connectivity index (χ1v) is 7.74. The van der Waals surface area contributed by atoms with E-state index in [0.29, 0.717) is 0 Å². The summed E-state index contributed by atoms with van der Waals surface area (Å²) < 4.78 is 2.07. The van der Waals surface area contributed by atoms with E-state index in [1.54, 1.807) is 36.9 Å². The first kappa shape index (κ1) is 15.0. The van der Waals surface area contributed by atoms with Crippen LogP contribution in [0.5, 0.6) is 0 Å². The van der Waals surface area contributed by atoms with Crippen molar-refractivity contribution in [3.8, 4) is 22.5 Å². The van der Waals surface area contributed by atoms with Crippen molar-refractivity contribution in [3.63, 3.8) is 0 Å². The van der Waals surface area contributed by atoms with E-state index in [2.05, 4.69) is 14.5 Å². The maximum atomic E-state index is 11.2. The zero-order valence-corrected chi connectivity index (χ0v) is 13.5. The van der Waals surface area contributed by atoms with Crippen LogP contribution in [0.25, 0.3) is 33.3 Å². The molecule has 0 saturated carbocycles. The van der Waals surface area contributed by atoms with Crippen molar-refractivity contribution in [2.75, 3.05) is 0 Å². The lowest BCUT2D eigenvalue weighted by atomic mass is 10.1. The summed E-state index contributed by atoms with van der Waals surface area (Å²) in [6.07, 6.45) is 6.92. The van der Waals surface area contributed by atoms with Crippen molar-refractivity contribution < 1.29 is 4.92 Å². The van der Waals surface area contributed by atoms with Gasteiger partial charge in [0.15, 0.2) is 0 Å². The van der Waals surface area contributed by atoms with Crippen molar-refractivity contribution in [1.82, 2.24) is 14.5 Å². The van der Waals surface area contributed by atoms with Gasteiger partial charge in [-0.15, -0.1) is 0 Å². The molecule has 4 aromatic rings. The number of nitro benzene ring substituents is 1. The van der Waals surface area contributed by atoms with Crippen LogP contribution in [0.2, 0.25) is 0 Å². The van der Waals surface area contributed by atoms with Gasteiger partial charge in [0.1, 0.15) is 0 Å². The molecule has 25 heavy (non-hydrogen) atoms. The van der Waals surface area contributed by atoms with Gasteiger partial charge >= 0.3 is 0 Å². The molecular weight excluding hydrogens is 316 g/mol. The van der Waals surface area contributed by atoms with Crippen molar-refractivity contribution in [1.29, 1.82) is 0 Å². The Morgan fingerprint density at radius 1 is 0.840 bits per heavy atom. The Bertz CT molecular complexity index is 1070. The minimum absolute atomic E-state index is 0.0784. The van der Waals surface area contributed by atoms with Gasteiger partial charge < -0.3 is 4.57 Å². The van der Waals surface area contributed by atoms with E-state index >= 15 is 0 Å². The van der Waals surface area contributed by atoms with E-state index in [1.165, 1.54) is 0 Å². The van der Waals surface area contributed by atoms with E-state index in [9.17, 15) is 10.1 Å². The fraction of sp³-hybridized carbons (Fsp3) is 0.0526. The van der Waals surface area contributed by atoms with Gasteiger partial charge in [0.2, 0.25) is 0 Å². The van der Waals surface area contributed by atoms with E-state index in [4.69, 9.17) is 0 Å². The third-order valence-electron chi connectivity index (χ3n) is 4.30. The maximum Gasteiger partial charge on any atom is 0.270 e. The summed E-state index contributed by atoms with van der Waals surface area (Å²) in [5.41, 5.74) is 3.97. The molecule has 0 N–H and O–H groups in total. The fourth-order valence-electron chi connectivity index (χ4n) is 3.24. The Morgan fingerprint density at radius 3 is 1.88 bits per heavy atom. The van der Waals surface area contributed by atoms with E-state index in [-0.39, 0.29) is 10.6 Å². The molecule has 0 bridgehead atoms. The van der Waals surface area contributed by atoms with Gasteiger partial charge in [-0.3, -0.25) is 20.1 Å². The fourth-order valence-corrected chi connectivity index (χ4v) is 3.24. The quantitative estimate of drug-likeness (QED) is 0.416. The lowest BCUT2D eigenvalue weighted by molar-refractivity contribution is -0.384. The molecule has 0 atom stereocenters. The van der Waals surface area contributed by atoms with Crippen molar-refractivity contribution in [3.05, 3.63) is 77.4 Å². The molecule has 0 aliphatic rings. The molecule has 4 rings (SSSR count). The predicted octanol–water partition coefficient (Wildman–Crippen LogP) is 4.21. The summed E-state index contributed by atoms with van der Waals surface area (Å²) in [6.45, 7) is 0. The highest BCUT2D eigenvalue weighted by atomic mass is 16.6. The Kier molecular flexibility index (Phi) is 3.50. The summed E-state index contributed by atoms with van der Waals surface area (Å²) in [7, 11) is 1.97. The molecule has 0 unspecified atom stereocenters. The second-order valence-corrected chi connectivity index (χ2v) is 5.72. The SMILES string of the molecule is Cn1c(-c2ccncc2)c2ccc([N+](=O)[O-])cc2c1-c1ccncc1. The molecule has 0 spiro atoms. The second kappa shape index (κ2) is 5.83. The van der Waals surface area contributed by atoms with Crippen LogP contribution in [0.3, 0.4) is 0 Å². The number of nitro groups is 1. The highest BCUT2D eigenvalue weighted by molar-refractivity contribution is 6.06. The highest BCUT2D eigenvalue weighted by Gasteiger charge is 2.19. The molecule has 0 aliphatic heterocycles. The number of rotatable bonds is 3. The molecule has 0 fully saturated rings. The number of hydrogen-bond acceptors (Lipinski definition) is 4. The largest absolute Gasteiger partial charge is 0.343 e. The zero-order valence-electron chi connectivity index (χ0n) is 13.5. The number of aromatic nitrogens is 3. The Balaban J connectivity index is 2.11. The molecule has 0 radical (unpaired) electrons. The standard InChI is InChI=1S/C19H14N4O2/c1-22-18(13-4-8-20-9-5-13)16-3-2-15(23(24)25)12-17(16)19(22)14-6-10-21-11-7-14/h2-12H,1H3. The molecule has 0 saturated heterocycles. The third kappa shape index (κ3) is 2.44. The first-order valence-electron chi connectivity index (χ1n) is 7.74. The lowest BCUT2D eigenvalue weighted by Gasteiger charge is -2.08. The van der Waals surface area contributed by atoms with Crippen LogP contribution in [-0.2, 0) is 7.05 Å². The normalized spacial score (nSPS) is 10.9. The average Bonchev–Trinajstić information content (AvgIpc) is 2.94. The Labute approximate surface area is 143 Å². The van der Waals surface area contributed by atoms with Gasteiger partial charge in [0.05, 0.1) is 16.3 Å². The van der Waals surface area contributed by atoms with Gasteiger partial charge in [0.25, 0.3) is 5.69 Å². The molecule has 1 aromatic carbocycles. The molecule has 0 amide bonds. The van der Waals surface area contributed by atoms with Gasteiger partial charge in [-0.1, -0.05) is 0 Å². The number of non-ortho nitro benzene ring substituents is 1. The van der Waals surface area contributed by atoms with E-state index in [0.717, 1.165) is 33.3 Å². The van der Waals surface area contributed by atoms with Gasteiger partial charge in [-0.2, -0.15) is 0 Å². The Morgan fingerprint density at radius 2 is 1.36 bits per heavy atom. The molecule has 122 valence electrons. The molecule has 3 heterocycles. The first-order chi connectivity index (χ1) is 12.2. The smallest absolute Gasteiger partial charge is 0.270 e. The summed E-state index contributed by atoms with van der Waals surface area (Å²) >= 11 is 0. The summed E-state index contributed by atoms with van der Waals surface area (Å²) in [5.74, 6) is 0. The van der Waals surface area contributed by atoms with Crippen LogP contribution in [0, 0.1) is 10.1 Å². The summed E-state index contributed by atoms with van der Waals surface area (Å²) in [4.78, 5) is 19.0. The molecule has 6 heteroatoms. The van der Waals surface area contributed by atoms with E-state index in [1.807, 2.05) is 37.4 Å². The van der Waals surface area contributed by atoms with Crippen LogP contribution in [0.15, 0.2) is 67.3 Å². The van der Waals surface area contributed by atoms with Crippen molar-refractivity contribution in [2.45, 2.75) is 0 Å². The maximum absolute atomic E-state index is 11.2. The van der Waals surface area contributed by atoms with Crippen LogP contribution in [0.1, 0.15) is 0 Å². The number of benzene rings is 1. The number of pyridine rings is 2. The van der Waals surface area contributed by atoms with Crippen LogP contribution >= 0.6 is 0 Å². The molecular formula is C19H14N4O2. The van der Waals surface area contributed by atoms with Crippen LogP contribution in [0.4, 0.5) is 5.69 Å². The zero-order chi connectivity index (χ0) is 17.4. The lowest BCUT2D eigenvalue weighted by Crippen LogP contribution is -1.95. The van der Waals surface area contributed by atoms with Gasteiger partial charge in [-0.25, -0.2) is 0 Å². The second-order valence-electron chi connectivity index (χ2n) is 5.72. The summed E-state index contributed by atoms with van der Waals surface area (Å²) in [5, 5.41) is 13.0. The van der Waals surface area contributed by atoms with Gasteiger partial charge in [-0.05, 0) is 30.3 Å². The number of fused-ring (bicyclic) bond motifs is 1. The average molecular weight is 330 g/mol. The van der Waals surface area contributed by atoms with Gasteiger partial charge in [0, 0.05) is 65.9 Å². The predicted molar refractivity (Wildman–Crippen MR) is 96.0 cm³/mol. The van der Waals surface area contributed by atoms with E-state index < -0.39 is 0 Å². The summed E-state index contributed by atoms with van der Waals surface area (Å²) in [6, 6.07) is 12.7. The van der Waals surface area contributed by atoms with Crippen LogP contribution < -0.4 is 0 Å². The van der Waals surface area contributed by atoms with Crippen LogP contribution in [-0.4, -0.2) is 19.5 Å². The topological polar surface area (TPSA) is 73.8 Å². The third-order valence-corrected chi connectivity index (χ3v) is 4.30. The number of nitrogens with zero attached hydrogens (tertiary/aromatic N) is 4. The monoisotopic (exact) mass is 330 g/mol. The minimum atomic E-state index is -0.366. The molecule has 6 nitrogen and oxygen atoms in total. The van der Waals surface area contributed by atoms with Crippen molar-refractivity contribution in [2.24, 2.45) is 7.05 Å². The number of hydrogen-bond donors (Lipinski definition) is 0. The van der Waals surface area contributed by atoms with Crippen molar-refractivity contribution >= 4 is 16.5 Å². The Hall–Kier alpha value is -3.54. The molecule has 0 aliphatic carbocycles. The minimum Gasteiger partial charge on any atom is -0.343 e.